The summed E-state index contributed by atoms with van der Waals surface area (Å²) in [5, 5.41) is 3.57. The Hall–Kier alpha value is -0.120. The van der Waals surface area contributed by atoms with Gasteiger partial charge in [-0.2, -0.15) is 0 Å². The van der Waals surface area contributed by atoms with Crippen LogP contribution in [0.1, 0.15) is 13.3 Å². The number of nitrogens with zero attached hydrogens (tertiary/aromatic N) is 1. The fourth-order valence-corrected chi connectivity index (χ4v) is 2.21. The van der Waals surface area contributed by atoms with Crippen LogP contribution in [0.2, 0.25) is 0 Å². The molecule has 0 spiro atoms. The Balaban J connectivity index is 1.75. The average molecular weight is 184 g/mol. The molecule has 76 valence electrons. The van der Waals surface area contributed by atoms with E-state index in [0.717, 1.165) is 38.3 Å². The smallest absolute Gasteiger partial charge is 0.0594 e. The van der Waals surface area contributed by atoms with Gasteiger partial charge in [-0.05, 0) is 18.9 Å². The van der Waals surface area contributed by atoms with Crippen LogP contribution in [0.3, 0.4) is 0 Å². The van der Waals surface area contributed by atoms with Crippen LogP contribution < -0.4 is 5.32 Å². The fraction of sp³-hybridized carbons (Fsp3) is 1.00. The Labute approximate surface area is 80.4 Å². The molecular weight excluding hydrogens is 164 g/mol. The highest BCUT2D eigenvalue weighted by Gasteiger charge is 2.25. The molecule has 0 saturated carbocycles. The van der Waals surface area contributed by atoms with Gasteiger partial charge in [0.05, 0.1) is 13.2 Å². The van der Waals surface area contributed by atoms with Crippen molar-refractivity contribution in [3.8, 4) is 0 Å². The number of hydrogen-bond acceptors (Lipinski definition) is 3. The third kappa shape index (κ3) is 2.42. The summed E-state index contributed by atoms with van der Waals surface area (Å²) in [7, 11) is 0. The van der Waals surface area contributed by atoms with Crippen molar-refractivity contribution in [1.29, 1.82) is 0 Å². The molecule has 2 rings (SSSR count). The Morgan fingerprint density at radius 2 is 2.15 bits per heavy atom. The van der Waals surface area contributed by atoms with Crippen LogP contribution >= 0.6 is 0 Å². The summed E-state index contributed by atoms with van der Waals surface area (Å²) in [6, 6.07) is 0.720. The average Bonchev–Trinajstić information content (AvgIpc) is 2.54. The molecule has 2 atom stereocenters. The first-order valence-corrected chi connectivity index (χ1v) is 5.40. The van der Waals surface area contributed by atoms with Gasteiger partial charge in [0, 0.05) is 25.7 Å². The first kappa shape index (κ1) is 9.44. The van der Waals surface area contributed by atoms with E-state index in [4.69, 9.17) is 4.74 Å². The van der Waals surface area contributed by atoms with E-state index in [1.165, 1.54) is 19.5 Å². The molecule has 0 radical (unpaired) electrons. The van der Waals surface area contributed by atoms with Gasteiger partial charge < -0.3 is 10.1 Å². The zero-order valence-corrected chi connectivity index (χ0v) is 8.46. The number of rotatable bonds is 2. The predicted molar refractivity (Wildman–Crippen MR) is 52.8 cm³/mol. The summed E-state index contributed by atoms with van der Waals surface area (Å²) < 4.78 is 5.33. The van der Waals surface area contributed by atoms with Crippen molar-refractivity contribution in [3.05, 3.63) is 0 Å². The highest BCUT2D eigenvalue weighted by Crippen LogP contribution is 2.15. The molecule has 2 heterocycles. The highest BCUT2D eigenvalue weighted by molar-refractivity contribution is 4.83. The van der Waals surface area contributed by atoms with Gasteiger partial charge >= 0.3 is 0 Å². The molecule has 2 unspecified atom stereocenters. The van der Waals surface area contributed by atoms with Crippen molar-refractivity contribution < 1.29 is 4.74 Å². The molecule has 3 nitrogen and oxygen atoms in total. The summed E-state index contributed by atoms with van der Waals surface area (Å²) in [5.74, 6) is 0.850. The van der Waals surface area contributed by atoms with Gasteiger partial charge in [0.25, 0.3) is 0 Å². The van der Waals surface area contributed by atoms with E-state index in [1.54, 1.807) is 0 Å². The van der Waals surface area contributed by atoms with Crippen molar-refractivity contribution in [1.82, 2.24) is 10.2 Å². The fourth-order valence-electron chi connectivity index (χ4n) is 2.21. The maximum absolute atomic E-state index is 5.33. The quantitative estimate of drug-likeness (QED) is 0.669. The molecule has 2 saturated heterocycles. The minimum Gasteiger partial charge on any atom is -0.379 e. The zero-order valence-electron chi connectivity index (χ0n) is 8.46. The van der Waals surface area contributed by atoms with Crippen molar-refractivity contribution in [2.45, 2.75) is 19.4 Å². The molecule has 0 aromatic heterocycles. The third-order valence-electron chi connectivity index (χ3n) is 3.25. The van der Waals surface area contributed by atoms with Gasteiger partial charge in [-0.25, -0.2) is 0 Å². The molecule has 2 aliphatic rings. The first-order chi connectivity index (χ1) is 6.36. The number of ether oxygens (including phenoxy) is 1. The van der Waals surface area contributed by atoms with Crippen LogP contribution in [-0.4, -0.2) is 50.3 Å². The lowest BCUT2D eigenvalue weighted by Gasteiger charge is -2.30. The minimum absolute atomic E-state index is 0.720. The number of morpholine rings is 1. The molecule has 0 aliphatic carbocycles. The van der Waals surface area contributed by atoms with E-state index >= 15 is 0 Å². The summed E-state index contributed by atoms with van der Waals surface area (Å²) in [4.78, 5) is 2.52. The SMILES string of the molecule is CC1CCNC1CN1CCOCC1. The van der Waals surface area contributed by atoms with Gasteiger partial charge in [0.2, 0.25) is 0 Å². The van der Waals surface area contributed by atoms with Crippen LogP contribution in [0.25, 0.3) is 0 Å². The maximum atomic E-state index is 5.33. The van der Waals surface area contributed by atoms with Crippen LogP contribution in [-0.2, 0) is 4.74 Å². The minimum atomic E-state index is 0.720. The molecular formula is C10H20N2O. The zero-order chi connectivity index (χ0) is 9.10. The lowest BCUT2D eigenvalue weighted by molar-refractivity contribution is 0.0326. The molecule has 0 bridgehead atoms. The first-order valence-electron chi connectivity index (χ1n) is 5.40. The van der Waals surface area contributed by atoms with Crippen LogP contribution in [0.15, 0.2) is 0 Å². The largest absolute Gasteiger partial charge is 0.379 e. The van der Waals surface area contributed by atoms with Crippen molar-refractivity contribution in [2.24, 2.45) is 5.92 Å². The van der Waals surface area contributed by atoms with Crippen molar-refractivity contribution >= 4 is 0 Å². The Kier molecular flexibility index (Phi) is 3.19. The molecule has 13 heavy (non-hydrogen) atoms. The molecule has 2 fully saturated rings. The lowest BCUT2D eigenvalue weighted by atomic mass is 10.0. The van der Waals surface area contributed by atoms with Crippen molar-refractivity contribution in [3.63, 3.8) is 0 Å². The van der Waals surface area contributed by atoms with E-state index < -0.39 is 0 Å². The van der Waals surface area contributed by atoms with Crippen LogP contribution in [0, 0.1) is 5.92 Å². The molecule has 1 N–H and O–H groups in total. The molecule has 0 aromatic carbocycles. The molecule has 3 heteroatoms. The number of hydrogen-bond donors (Lipinski definition) is 1. The number of nitrogens with one attached hydrogen (secondary N) is 1. The second kappa shape index (κ2) is 4.40. The van der Waals surface area contributed by atoms with Crippen molar-refractivity contribution in [2.75, 3.05) is 39.4 Å². The third-order valence-corrected chi connectivity index (χ3v) is 3.25. The van der Waals surface area contributed by atoms with E-state index in [-0.39, 0.29) is 0 Å². The summed E-state index contributed by atoms with van der Waals surface area (Å²) in [6.45, 7) is 8.84. The van der Waals surface area contributed by atoms with Gasteiger partial charge in [-0.1, -0.05) is 6.92 Å². The molecule has 2 aliphatic heterocycles. The Morgan fingerprint density at radius 1 is 1.38 bits per heavy atom. The van der Waals surface area contributed by atoms with Crippen LogP contribution in [0.5, 0.6) is 0 Å². The summed E-state index contributed by atoms with van der Waals surface area (Å²) in [6.07, 6.45) is 1.34. The second-order valence-electron chi connectivity index (χ2n) is 4.24. The molecule has 0 amide bonds. The predicted octanol–water partition coefficient (Wildman–Crippen LogP) is 0.317. The van der Waals surface area contributed by atoms with Crippen LogP contribution in [0.4, 0.5) is 0 Å². The van der Waals surface area contributed by atoms with E-state index in [1.807, 2.05) is 0 Å². The Morgan fingerprint density at radius 3 is 2.77 bits per heavy atom. The lowest BCUT2D eigenvalue weighted by Crippen LogP contribution is -2.45. The standard InChI is InChI=1S/C10H20N2O/c1-9-2-3-11-10(9)8-12-4-6-13-7-5-12/h9-11H,2-8H2,1H3. The highest BCUT2D eigenvalue weighted by atomic mass is 16.5. The van der Waals surface area contributed by atoms with Gasteiger partial charge in [0.15, 0.2) is 0 Å². The normalized spacial score (nSPS) is 36.7. The van der Waals surface area contributed by atoms with E-state index in [9.17, 15) is 0 Å². The second-order valence-corrected chi connectivity index (χ2v) is 4.24. The molecule has 0 aromatic rings. The van der Waals surface area contributed by atoms with Gasteiger partial charge in [-0.15, -0.1) is 0 Å². The summed E-state index contributed by atoms with van der Waals surface area (Å²) in [5.41, 5.74) is 0. The van der Waals surface area contributed by atoms with E-state index in [2.05, 4.69) is 17.1 Å². The topological polar surface area (TPSA) is 24.5 Å². The Bertz CT molecular complexity index is 157. The van der Waals surface area contributed by atoms with Gasteiger partial charge in [0.1, 0.15) is 0 Å². The van der Waals surface area contributed by atoms with Gasteiger partial charge in [-0.3, -0.25) is 4.90 Å². The summed E-state index contributed by atoms with van der Waals surface area (Å²) >= 11 is 0. The monoisotopic (exact) mass is 184 g/mol. The van der Waals surface area contributed by atoms with E-state index in [0.29, 0.717) is 0 Å². The maximum Gasteiger partial charge on any atom is 0.0594 e.